The first kappa shape index (κ1) is 61.4. The van der Waals surface area contributed by atoms with Crippen molar-refractivity contribution in [2.24, 2.45) is 5.92 Å². The number of nitrogens with one attached hydrogen (secondary N) is 1. The number of hydrogen-bond acceptors (Lipinski definition) is 8. The molecule has 1 aliphatic heterocycles. The van der Waals surface area contributed by atoms with Crippen molar-refractivity contribution in [1.82, 2.24) is 24.6 Å². The van der Waals surface area contributed by atoms with Gasteiger partial charge < -0.3 is 24.0 Å². The van der Waals surface area contributed by atoms with Crippen molar-refractivity contribution in [1.29, 1.82) is 0 Å². The number of aromatic nitrogens is 4. The quantitative estimate of drug-likeness (QED) is 0.150. The Balaban J connectivity index is -0.000000460. The van der Waals surface area contributed by atoms with E-state index in [-0.39, 0.29) is 22.1 Å². The fourth-order valence-electron chi connectivity index (χ4n) is 4.05. The molecule has 1 fully saturated rings. The van der Waals surface area contributed by atoms with Gasteiger partial charge in [0.15, 0.2) is 5.65 Å². The van der Waals surface area contributed by atoms with E-state index in [0.29, 0.717) is 36.4 Å². The summed E-state index contributed by atoms with van der Waals surface area (Å²) in [5.74, 6) is 2.64. The highest BCUT2D eigenvalue weighted by atomic mass is 35.5. The number of allylic oxidation sites excluding steroid dienone is 3. The van der Waals surface area contributed by atoms with Crippen molar-refractivity contribution in [3.63, 3.8) is 0 Å². The number of nitrogens with zero attached hydrogens (tertiary/aromatic N) is 4. The number of halogens is 2. The highest BCUT2D eigenvalue weighted by Gasteiger charge is 2.18. The van der Waals surface area contributed by atoms with Crippen LogP contribution in [-0.2, 0) is 27.2 Å². The van der Waals surface area contributed by atoms with Gasteiger partial charge in [-0.2, -0.15) is 5.10 Å². The van der Waals surface area contributed by atoms with Crippen LogP contribution in [0.15, 0.2) is 66.0 Å². The number of fused-ring (bicyclic) bond motifs is 1. The fourth-order valence-corrected chi connectivity index (χ4v) is 4.50. The lowest BCUT2D eigenvalue weighted by atomic mass is 10.1. The van der Waals surface area contributed by atoms with Gasteiger partial charge in [0.05, 0.1) is 30.3 Å². The van der Waals surface area contributed by atoms with Gasteiger partial charge in [0.2, 0.25) is 0 Å². The predicted molar refractivity (Wildman–Crippen MR) is 252 cm³/mol. The molecule has 1 saturated heterocycles. The van der Waals surface area contributed by atoms with E-state index in [1.807, 2.05) is 86.6 Å². The minimum absolute atomic E-state index is 0.133. The molecule has 0 aliphatic carbocycles. The van der Waals surface area contributed by atoms with E-state index in [4.69, 9.17) is 37.7 Å². The number of aromatic amines is 1. The van der Waals surface area contributed by atoms with Gasteiger partial charge in [-0.3, -0.25) is 9.69 Å². The average molecular weight is 855 g/mol. The number of H-pyrrole nitrogens is 1. The van der Waals surface area contributed by atoms with E-state index in [2.05, 4.69) is 53.6 Å². The molecule has 2 aromatic heterocycles. The number of ketones is 1. The Morgan fingerprint density at radius 1 is 1.03 bits per heavy atom. The molecule has 3 heterocycles. The second kappa shape index (κ2) is 39.2. The molecule has 334 valence electrons. The van der Waals surface area contributed by atoms with Gasteiger partial charge in [-0.1, -0.05) is 111 Å². The summed E-state index contributed by atoms with van der Waals surface area (Å²) in [6.07, 6.45) is 7.06. The number of carbonyl (C=O) groups excluding carboxylic acids is 1. The molecule has 58 heavy (non-hydrogen) atoms. The summed E-state index contributed by atoms with van der Waals surface area (Å²) in [5, 5.41) is 5.16. The number of ether oxygens (including phenoxy) is 3. The van der Waals surface area contributed by atoms with Crippen molar-refractivity contribution >= 4 is 40.0 Å². The first-order valence-electron chi connectivity index (χ1n) is 20.5. The summed E-state index contributed by atoms with van der Waals surface area (Å²) >= 11 is 10.9. The normalized spacial score (nSPS) is 11.8. The highest BCUT2D eigenvalue weighted by molar-refractivity contribution is 6.28. The van der Waals surface area contributed by atoms with Crippen molar-refractivity contribution in [2.75, 3.05) is 53.7 Å². The minimum Gasteiger partial charge on any atom is -0.492 e. The minimum atomic E-state index is -0.290. The zero-order valence-electron chi connectivity index (χ0n) is 39.1. The molecule has 3 aromatic rings. The maximum absolute atomic E-state index is 12.8. The molecule has 1 N–H and O–H groups in total. The predicted octanol–water partition coefficient (Wildman–Crippen LogP) is 11.6. The molecule has 4 rings (SSSR count). The third-order valence-corrected chi connectivity index (χ3v) is 7.13. The number of Topliss-reactive ketones (excluding diaryl/α,β-unsaturated/α-hetero) is 1. The summed E-state index contributed by atoms with van der Waals surface area (Å²) in [7, 11) is 3.25. The zero-order valence-corrected chi connectivity index (χ0v) is 40.6. The molecule has 0 radical (unpaired) electrons. The van der Waals surface area contributed by atoms with Gasteiger partial charge in [-0.15, -0.1) is 24.8 Å². The van der Waals surface area contributed by atoms with Crippen LogP contribution in [0.4, 0.5) is 0 Å². The van der Waals surface area contributed by atoms with Crippen LogP contribution >= 0.6 is 23.2 Å². The number of alkyl halides is 1. The summed E-state index contributed by atoms with van der Waals surface area (Å²) in [4.78, 5) is 32.0. The second-order valence-corrected chi connectivity index (χ2v) is 15.0. The number of benzene rings is 1. The standard InChI is InChI=1S/C24H31N5O3.C5H8Cl2.C5H12.C3H6O.C3H6.C2H6O.2C2H6/c1-4-9-29-23-21(22(27-29)17(2)3)24(30)26-20(25-23)16-18-5-7-19(8-6-18)32-15-12-28-10-13-31-14-11-28;1-5(2,7)3-4-6;1-4-5(2)3;1-3(2)4;2*1-3-2;2*1-2/h4-8,17H,1,9-16H2,2-3H3,(H,25,26,30);3-4H,1-2H3;5H,4H2,1-3H3;1-2H3;3H,1H2,2H3;1-2H3;2*1-2H3/b;4-3+;;;;;;. The molecule has 1 aliphatic rings. The lowest BCUT2D eigenvalue weighted by Crippen LogP contribution is -2.38. The van der Waals surface area contributed by atoms with Crippen LogP contribution in [-0.4, -0.2) is 89.0 Å². The summed E-state index contributed by atoms with van der Waals surface area (Å²) in [6, 6.07) is 7.94. The van der Waals surface area contributed by atoms with E-state index >= 15 is 0 Å². The Bertz CT molecular complexity index is 1520. The van der Waals surface area contributed by atoms with Gasteiger partial charge in [0.1, 0.15) is 29.4 Å². The molecule has 12 heteroatoms. The van der Waals surface area contributed by atoms with Gasteiger partial charge in [0.25, 0.3) is 5.56 Å². The Labute approximate surface area is 363 Å². The highest BCUT2D eigenvalue weighted by Crippen LogP contribution is 2.22. The van der Waals surface area contributed by atoms with E-state index in [0.717, 1.165) is 55.8 Å². The maximum Gasteiger partial charge on any atom is 0.262 e. The molecule has 0 spiro atoms. The largest absolute Gasteiger partial charge is 0.492 e. The third-order valence-electron chi connectivity index (χ3n) is 6.88. The van der Waals surface area contributed by atoms with Crippen molar-refractivity contribution in [3.8, 4) is 5.75 Å². The number of hydrogen-bond donors (Lipinski definition) is 1. The number of rotatable bonds is 11. The first-order chi connectivity index (χ1) is 27.4. The molecule has 0 saturated carbocycles. The van der Waals surface area contributed by atoms with E-state index in [9.17, 15) is 9.59 Å². The summed E-state index contributed by atoms with van der Waals surface area (Å²) < 4.78 is 17.3. The summed E-state index contributed by atoms with van der Waals surface area (Å²) in [6.45, 7) is 40.1. The van der Waals surface area contributed by atoms with Crippen molar-refractivity contribution in [2.45, 2.75) is 127 Å². The monoisotopic (exact) mass is 854 g/mol. The maximum atomic E-state index is 12.8. The Morgan fingerprint density at radius 2 is 1.52 bits per heavy atom. The molecule has 0 atom stereocenters. The number of carbonyl (C=O) groups is 1. The van der Waals surface area contributed by atoms with Gasteiger partial charge in [-0.25, -0.2) is 9.67 Å². The lowest BCUT2D eigenvalue weighted by molar-refractivity contribution is -0.115. The third kappa shape index (κ3) is 32.7. The van der Waals surface area contributed by atoms with Crippen LogP contribution in [0.2, 0.25) is 0 Å². The summed E-state index contributed by atoms with van der Waals surface area (Å²) in [5.41, 5.74) is 3.70. The van der Waals surface area contributed by atoms with Crippen LogP contribution in [0.3, 0.4) is 0 Å². The molecule has 0 unspecified atom stereocenters. The van der Waals surface area contributed by atoms with Crippen LogP contribution < -0.4 is 10.3 Å². The van der Waals surface area contributed by atoms with Gasteiger partial charge >= 0.3 is 0 Å². The molecule has 0 bridgehead atoms. The van der Waals surface area contributed by atoms with Crippen molar-refractivity contribution in [3.05, 3.63) is 88.6 Å². The Hall–Kier alpha value is -3.28. The SMILES string of the molecule is C=CC.C=CCn1nc(C(C)C)c2c(=O)[nH]c(Cc3ccc(OCCN4CCOCC4)cc3)nc21.CC.CC.CC(C)(Cl)/C=C/Cl.CC(C)=O.CCC(C)C.COC. The molecule has 0 amide bonds. The molecule has 1 aromatic carbocycles. The van der Waals surface area contributed by atoms with Crippen LogP contribution in [0.1, 0.15) is 126 Å². The van der Waals surface area contributed by atoms with Gasteiger partial charge in [0, 0.05) is 45.8 Å². The molecular weight excluding hydrogens is 773 g/mol. The lowest BCUT2D eigenvalue weighted by Gasteiger charge is -2.26. The van der Waals surface area contributed by atoms with Crippen LogP contribution in [0.25, 0.3) is 11.0 Å². The molecule has 10 nitrogen and oxygen atoms in total. The topological polar surface area (TPSA) is 112 Å². The van der Waals surface area contributed by atoms with E-state index in [1.165, 1.54) is 25.8 Å². The smallest absolute Gasteiger partial charge is 0.262 e. The number of morpholine rings is 1. The Kier molecular flexibility index (Phi) is 41.5. The number of methoxy groups -OCH3 is 1. The van der Waals surface area contributed by atoms with E-state index in [1.54, 1.807) is 37.1 Å². The van der Waals surface area contributed by atoms with Crippen LogP contribution in [0.5, 0.6) is 5.75 Å². The van der Waals surface area contributed by atoms with Crippen LogP contribution in [0, 0.1) is 5.92 Å². The average Bonchev–Trinajstić information content (AvgIpc) is 3.54. The van der Waals surface area contributed by atoms with Gasteiger partial charge in [-0.05, 0) is 64.2 Å². The molecular formula is C46H81Cl2N5O5. The Morgan fingerprint density at radius 3 is 1.90 bits per heavy atom. The second-order valence-electron chi connectivity index (χ2n) is 13.7. The zero-order chi connectivity index (χ0) is 45.7. The fraction of sp³-hybridized carbons (Fsp3) is 0.609. The van der Waals surface area contributed by atoms with E-state index < -0.39 is 0 Å². The van der Waals surface area contributed by atoms with Crippen molar-refractivity contribution < 1.29 is 19.0 Å². The first-order valence-corrected chi connectivity index (χ1v) is 21.3.